The number of hydrogen-bond donors (Lipinski definition) is 2. The topological polar surface area (TPSA) is 131 Å². The Morgan fingerprint density at radius 2 is 2.03 bits per heavy atom. The van der Waals surface area contributed by atoms with Gasteiger partial charge in [0.05, 0.1) is 17.4 Å². The SMILES string of the molecule is NS(=O)(=O)c1ccc(CCNC(=O)CN2CCCC(c3nc(-c4cccc(F)c4)no3)C2)cc1. The minimum Gasteiger partial charge on any atom is -0.355 e. The summed E-state index contributed by atoms with van der Waals surface area (Å²) in [5.41, 5.74) is 1.46. The maximum absolute atomic E-state index is 13.5. The second-order valence-electron chi connectivity index (χ2n) is 8.33. The zero-order valence-electron chi connectivity index (χ0n) is 18.5. The van der Waals surface area contributed by atoms with E-state index in [2.05, 4.69) is 20.4 Å². The van der Waals surface area contributed by atoms with Crippen molar-refractivity contribution in [2.45, 2.75) is 30.1 Å². The van der Waals surface area contributed by atoms with Crippen LogP contribution in [0.1, 0.15) is 30.2 Å². The van der Waals surface area contributed by atoms with Crippen molar-refractivity contribution >= 4 is 15.9 Å². The van der Waals surface area contributed by atoms with Gasteiger partial charge in [0, 0.05) is 18.7 Å². The van der Waals surface area contributed by atoms with E-state index in [1.807, 2.05) is 0 Å². The summed E-state index contributed by atoms with van der Waals surface area (Å²) in [6.45, 7) is 2.11. The fourth-order valence-electron chi connectivity index (χ4n) is 4.00. The van der Waals surface area contributed by atoms with Crippen LogP contribution in [0.25, 0.3) is 11.4 Å². The van der Waals surface area contributed by atoms with Crippen molar-refractivity contribution in [3.05, 3.63) is 65.8 Å². The van der Waals surface area contributed by atoms with Crippen LogP contribution in [0.4, 0.5) is 4.39 Å². The van der Waals surface area contributed by atoms with Crippen LogP contribution in [0.2, 0.25) is 0 Å². The number of carbonyl (C=O) groups excluding carboxylic acids is 1. The van der Waals surface area contributed by atoms with E-state index in [-0.39, 0.29) is 29.1 Å². The number of benzene rings is 2. The Labute approximate surface area is 197 Å². The number of carbonyl (C=O) groups is 1. The van der Waals surface area contributed by atoms with Gasteiger partial charge in [-0.25, -0.2) is 17.9 Å². The highest BCUT2D eigenvalue weighted by Crippen LogP contribution is 2.27. The van der Waals surface area contributed by atoms with Gasteiger partial charge in [0.25, 0.3) is 0 Å². The number of likely N-dealkylation sites (tertiary alicyclic amines) is 1. The molecule has 1 atom stereocenters. The first-order valence-corrected chi connectivity index (χ1v) is 12.5. The molecule has 2 heterocycles. The molecule has 0 spiro atoms. The monoisotopic (exact) mass is 487 g/mol. The smallest absolute Gasteiger partial charge is 0.238 e. The average molecular weight is 488 g/mol. The summed E-state index contributed by atoms with van der Waals surface area (Å²) in [6.07, 6.45) is 2.34. The zero-order valence-corrected chi connectivity index (χ0v) is 19.3. The van der Waals surface area contributed by atoms with Gasteiger partial charge in [0.2, 0.25) is 27.6 Å². The molecule has 3 N–H and O–H groups in total. The van der Waals surface area contributed by atoms with Gasteiger partial charge in [-0.1, -0.05) is 29.4 Å². The molecule has 4 rings (SSSR count). The second-order valence-corrected chi connectivity index (χ2v) is 9.89. The van der Waals surface area contributed by atoms with Crippen molar-refractivity contribution in [1.82, 2.24) is 20.4 Å². The Hall–Kier alpha value is -3.15. The number of rotatable bonds is 8. The third kappa shape index (κ3) is 6.25. The molecule has 9 nitrogen and oxygen atoms in total. The van der Waals surface area contributed by atoms with Crippen LogP contribution < -0.4 is 10.5 Å². The van der Waals surface area contributed by atoms with E-state index in [1.165, 1.54) is 24.3 Å². The van der Waals surface area contributed by atoms with Gasteiger partial charge >= 0.3 is 0 Å². The molecule has 1 amide bonds. The summed E-state index contributed by atoms with van der Waals surface area (Å²) < 4.78 is 41.5. The maximum Gasteiger partial charge on any atom is 0.238 e. The van der Waals surface area contributed by atoms with Gasteiger partial charge in [-0.15, -0.1) is 0 Å². The quantitative estimate of drug-likeness (QED) is 0.497. The van der Waals surface area contributed by atoms with Crippen LogP contribution in [0.15, 0.2) is 57.9 Å². The highest BCUT2D eigenvalue weighted by molar-refractivity contribution is 7.89. The summed E-state index contributed by atoms with van der Waals surface area (Å²) in [5, 5.41) is 12.0. The lowest BCUT2D eigenvalue weighted by atomic mass is 9.98. The molecule has 2 aromatic carbocycles. The molecule has 11 heteroatoms. The minimum absolute atomic E-state index is 0.00805. The summed E-state index contributed by atoms with van der Waals surface area (Å²) in [6, 6.07) is 12.3. The zero-order chi connectivity index (χ0) is 24.1. The number of piperidine rings is 1. The summed E-state index contributed by atoms with van der Waals surface area (Å²) in [5.74, 6) is 0.398. The van der Waals surface area contributed by atoms with Gasteiger partial charge in [0.15, 0.2) is 0 Å². The van der Waals surface area contributed by atoms with E-state index in [9.17, 15) is 17.6 Å². The molecule has 0 saturated carbocycles. The lowest BCUT2D eigenvalue weighted by Crippen LogP contribution is -2.42. The molecule has 0 radical (unpaired) electrons. The van der Waals surface area contributed by atoms with E-state index in [1.54, 1.807) is 24.3 Å². The molecule has 3 aromatic rings. The van der Waals surface area contributed by atoms with Crippen LogP contribution >= 0.6 is 0 Å². The Morgan fingerprint density at radius 1 is 1.24 bits per heavy atom. The number of hydrogen-bond acceptors (Lipinski definition) is 7. The number of amides is 1. The molecule has 0 bridgehead atoms. The normalized spacial score (nSPS) is 16.9. The van der Waals surface area contributed by atoms with Gasteiger partial charge in [-0.05, 0) is 55.6 Å². The first-order chi connectivity index (χ1) is 16.3. The number of aromatic nitrogens is 2. The van der Waals surface area contributed by atoms with E-state index in [0.717, 1.165) is 24.9 Å². The van der Waals surface area contributed by atoms with Crippen molar-refractivity contribution in [1.29, 1.82) is 0 Å². The first kappa shape index (κ1) is 24.0. The number of nitrogens with one attached hydrogen (secondary N) is 1. The largest absolute Gasteiger partial charge is 0.355 e. The first-order valence-electron chi connectivity index (χ1n) is 11.0. The Bertz CT molecular complexity index is 1250. The Kier molecular flexibility index (Phi) is 7.35. The van der Waals surface area contributed by atoms with Gasteiger partial charge in [-0.2, -0.15) is 4.98 Å². The molecule has 180 valence electrons. The molecule has 1 fully saturated rings. The van der Waals surface area contributed by atoms with E-state index in [0.29, 0.717) is 36.8 Å². The van der Waals surface area contributed by atoms with Crippen LogP contribution in [0, 0.1) is 5.82 Å². The molecular weight excluding hydrogens is 461 g/mol. The van der Waals surface area contributed by atoms with Crippen LogP contribution in [0.5, 0.6) is 0 Å². The number of nitrogens with zero attached hydrogens (tertiary/aromatic N) is 3. The highest BCUT2D eigenvalue weighted by Gasteiger charge is 2.27. The maximum atomic E-state index is 13.5. The molecule has 1 unspecified atom stereocenters. The fraction of sp³-hybridized carbons (Fsp3) is 0.348. The van der Waals surface area contributed by atoms with Crippen LogP contribution in [0.3, 0.4) is 0 Å². The van der Waals surface area contributed by atoms with Crippen molar-refractivity contribution < 1.29 is 22.1 Å². The minimum atomic E-state index is -3.71. The molecule has 1 aliphatic rings. The second kappa shape index (κ2) is 10.4. The van der Waals surface area contributed by atoms with Gasteiger partial charge in [0.1, 0.15) is 5.82 Å². The Balaban J connectivity index is 1.26. The van der Waals surface area contributed by atoms with E-state index < -0.39 is 10.0 Å². The third-order valence-electron chi connectivity index (χ3n) is 5.73. The van der Waals surface area contributed by atoms with E-state index >= 15 is 0 Å². The standard InChI is InChI=1S/C23H26FN5O4S/c24-19-5-1-3-17(13-19)22-27-23(33-28-22)18-4-2-12-29(14-18)15-21(30)26-11-10-16-6-8-20(9-7-16)34(25,31)32/h1,3,5-9,13,18H,2,4,10-12,14-15H2,(H,26,30)(H2,25,31,32). The fourth-order valence-corrected chi connectivity index (χ4v) is 4.51. The van der Waals surface area contributed by atoms with E-state index in [4.69, 9.17) is 9.66 Å². The number of sulfonamides is 1. The molecule has 1 saturated heterocycles. The van der Waals surface area contributed by atoms with Crippen molar-refractivity contribution in [2.75, 3.05) is 26.2 Å². The predicted octanol–water partition coefficient (Wildman–Crippen LogP) is 2.06. The molecule has 0 aliphatic carbocycles. The molecule has 34 heavy (non-hydrogen) atoms. The molecule has 1 aliphatic heterocycles. The molecular formula is C23H26FN5O4S. The van der Waals surface area contributed by atoms with Crippen LogP contribution in [-0.2, 0) is 21.2 Å². The van der Waals surface area contributed by atoms with Gasteiger partial charge < -0.3 is 9.84 Å². The van der Waals surface area contributed by atoms with Crippen molar-refractivity contribution in [2.24, 2.45) is 5.14 Å². The highest BCUT2D eigenvalue weighted by atomic mass is 32.2. The van der Waals surface area contributed by atoms with Crippen molar-refractivity contribution in [3.8, 4) is 11.4 Å². The number of halogens is 1. The number of nitrogens with two attached hydrogens (primary N) is 1. The average Bonchev–Trinajstić information content (AvgIpc) is 3.30. The lowest BCUT2D eigenvalue weighted by molar-refractivity contribution is -0.122. The van der Waals surface area contributed by atoms with Crippen molar-refractivity contribution in [3.63, 3.8) is 0 Å². The predicted molar refractivity (Wildman–Crippen MR) is 123 cm³/mol. The summed E-state index contributed by atoms with van der Waals surface area (Å²) in [4.78, 5) is 19.0. The third-order valence-corrected chi connectivity index (χ3v) is 6.66. The Morgan fingerprint density at radius 3 is 2.76 bits per heavy atom. The molecule has 1 aromatic heterocycles. The van der Waals surface area contributed by atoms with Crippen LogP contribution in [-0.4, -0.2) is 55.5 Å². The lowest BCUT2D eigenvalue weighted by Gasteiger charge is -2.30. The summed E-state index contributed by atoms with van der Waals surface area (Å²) >= 11 is 0. The van der Waals surface area contributed by atoms with Gasteiger partial charge in [-0.3, -0.25) is 9.69 Å². The summed E-state index contributed by atoms with van der Waals surface area (Å²) in [7, 11) is -3.71. The number of primary sulfonamides is 1.